The smallest absolute Gasteiger partial charge is 0.138 e. The molecule has 1 aliphatic rings. The Morgan fingerprint density at radius 2 is 2.05 bits per heavy atom. The maximum absolute atomic E-state index is 5.96. The van der Waals surface area contributed by atoms with Crippen molar-refractivity contribution in [2.24, 2.45) is 11.7 Å². The van der Waals surface area contributed by atoms with Crippen LogP contribution in [0.3, 0.4) is 0 Å². The first-order valence-corrected chi connectivity index (χ1v) is 7.53. The lowest BCUT2D eigenvalue weighted by Crippen LogP contribution is -2.44. The Kier molecular flexibility index (Phi) is 4.99. The van der Waals surface area contributed by atoms with E-state index in [1.54, 1.807) is 0 Å². The van der Waals surface area contributed by atoms with Crippen molar-refractivity contribution in [2.75, 3.05) is 13.1 Å². The van der Waals surface area contributed by atoms with E-state index in [9.17, 15) is 0 Å². The van der Waals surface area contributed by atoms with E-state index >= 15 is 0 Å². The summed E-state index contributed by atoms with van der Waals surface area (Å²) in [6.07, 6.45) is 5.22. The fourth-order valence-corrected chi connectivity index (χ4v) is 3.34. The van der Waals surface area contributed by atoms with Crippen molar-refractivity contribution in [1.82, 2.24) is 10.1 Å². The molecule has 1 fully saturated rings. The first-order valence-electron chi connectivity index (χ1n) is 7.53. The summed E-state index contributed by atoms with van der Waals surface area (Å²) in [4.78, 5) is 2.56. The molecular formula is C15H27N3O. The van der Waals surface area contributed by atoms with Gasteiger partial charge < -0.3 is 10.3 Å². The molecule has 1 aromatic heterocycles. The lowest BCUT2D eigenvalue weighted by Gasteiger charge is -2.39. The van der Waals surface area contributed by atoms with Gasteiger partial charge in [-0.15, -0.1) is 0 Å². The van der Waals surface area contributed by atoms with Gasteiger partial charge >= 0.3 is 0 Å². The third kappa shape index (κ3) is 3.18. The fourth-order valence-electron chi connectivity index (χ4n) is 3.34. The molecular weight excluding hydrogens is 238 g/mol. The highest BCUT2D eigenvalue weighted by atomic mass is 16.5. The molecule has 0 saturated heterocycles. The number of nitrogens with two attached hydrogens (primary N) is 1. The standard InChI is InChI=1S/C15H27N3O/c1-4-18(10-14-11(2)17-19-12(14)3)15-8-6-5-7-13(15)9-16/h13,15H,4-10,16H2,1-3H3. The van der Waals surface area contributed by atoms with Gasteiger partial charge in [0.2, 0.25) is 0 Å². The summed E-state index contributed by atoms with van der Waals surface area (Å²) in [5.74, 6) is 1.60. The van der Waals surface area contributed by atoms with Crippen LogP contribution in [0.15, 0.2) is 4.52 Å². The number of rotatable bonds is 5. The maximum atomic E-state index is 5.96. The van der Waals surface area contributed by atoms with E-state index in [-0.39, 0.29) is 0 Å². The van der Waals surface area contributed by atoms with Crippen molar-refractivity contribution in [3.05, 3.63) is 17.0 Å². The van der Waals surface area contributed by atoms with Crippen LogP contribution >= 0.6 is 0 Å². The molecule has 1 aliphatic carbocycles. The summed E-state index contributed by atoms with van der Waals surface area (Å²) in [6, 6.07) is 0.623. The van der Waals surface area contributed by atoms with Crippen LogP contribution in [0, 0.1) is 19.8 Å². The lowest BCUT2D eigenvalue weighted by atomic mass is 9.83. The van der Waals surface area contributed by atoms with Crippen LogP contribution in [0.25, 0.3) is 0 Å². The average molecular weight is 265 g/mol. The van der Waals surface area contributed by atoms with Gasteiger partial charge in [-0.05, 0) is 45.7 Å². The van der Waals surface area contributed by atoms with Crippen LogP contribution in [-0.4, -0.2) is 29.2 Å². The van der Waals surface area contributed by atoms with Gasteiger partial charge in [-0.25, -0.2) is 0 Å². The first-order chi connectivity index (χ1) is 9.17. The van der Waals surface area contributed by atoms with Crippen LogP contribution in [0.2, 0.25) is 0 Å². The molecule has 0 radical (unpaired) electrons. The van der Waals surface area contributed by atoms with Gasteiger partial charge in [0.05, 0.1) is 5.69 Å². The highest BCUT2D eigenvalue weighted by Crippen LogP contribution is 2.29. The molecule has 1 saturated carbocycles. The SMILES string of the molecule is CCN(Cc1c(C)noc1C)C1CCCCC1CN. The Hall–Kier alpha value is -0.870. The molecule has 2 N–H and O–H groups in total. The zero-order chi connectivity index (χ0) is 13.8. The van der Waals surface area contributed by atoms with E-state index in [0.717, 1.165) is 31.1 Å². The second-order valence-corrected chi connectivity index (χ2v) is 5.71. The van der Waals surface area contributed by atoms with Crippen molar-refractivity contribution in [3.8, 4) is 0 Å². The second-order valence-electron chi connectivity index (χ2n) is 5.71. The summed E-state index contributed by atoms with van der Waals surface area (Å²) >= 11 is 0. The maximum Gasteiger partial charge on any atom is 0.138 e. The number of hydrogen-bond acceptors (Lipinski definition) is 4. The van der Waals surface area contributed by atoms with E-state index in [2.05, 4.69) is 17.0 Å². The number of hydrogen-bond donors (Lipinski definition) is 1. The van der Waals surface area contributed by atoms with Crippen LogP contribution in [-0.2, 0) is 6.54 Å². The third-order valence-electron chi connectivity index (χ3n) is 4.59. The molecule has 2 rings (SSSR count). The van der Waals surface area contributed by atoms with E-state index < -0.39 is 0 Å². The van der Waals surface area contributed by atoms with E-state index in [4.69, 9.17) is 10.3 Å². The first kappa shape index (κ1) is 14.5. The summed E-state index contributed by atoms with van der Waals surface area (Å²) in [6.45, 7) is 9.08. The van der Waals surface area contributed by atoms with Gasteiger partial charge in [0, 0.05) is 18.2 Å². The van der Waals surface area contributed by atoms with Gasteiger partial charge in [0.25, 0.3) is 0 Å². The Morgan fingerprint density at radius 3 is 2.63 bits per heavy atom. The molecule has 0 spiro atoms. The minimum absolute atomic E-state index is 0.623. The largest absolute Gasteiger partial charge is 0.361 e. The second kappa shape index (κ2) is 6.53. The minimum Gasteiger partial charge on any atom is -0.361 e. The Labute approximate surface area is 116 Å². The van der Waals surface area contributed by atoms with Gasteiger partial charge in [0.15, 0.2) is 0 Å². The molecule has 0 aliphatic heterocycles. The van der Waals surface area contributed by atoms with Gasteiger partial charge in [-0.3, -0.25) is 4.90 Å². The fraction of sp³-hybridized carbons (Fsp3) is 0.800. The van der Waals surface area contributed by atoms with E-state index in [1.165, 1.54) is 31.2 Å². The lowest BCUT2D eigenvalue weighted by molar-refractivity contribution is 0.105. The van der Waals surface area contributed by atoms with Crippen molar-refractivity contribution in [3.63, 3.8) is 0 Å². The normalized spacial score (nSPS) is 24.1. The van der Waals surface area contributed by atoms with Crippen molar-refractivity contribution >= 4 is 0 Å². The number of aryl methyl sites for hydroxylation is 2. The Bertz CT molecular complexity index is 383. The Morgan fingerprint density at radius 1 is 1.32 bits per heavy atom. The number of aromatic nitrogens is 1. The Balaban J connectivity index is 2.11. The van der Waals surface area contributed by atoms with Gasteiger partial charge in [0.1, 0.15) is 5.76 Å². The minimum atomic E-state index is 0.623. The highest BCUT2D eigenvalue weighted by molar-refractivity contribution is 5.20. The summed E-state index contributed by atoms with van der Waals surface area (Å²) in [7, 11) is 0. The molecule has 0 aromatic carbocycles. The molecule has 2 unspecified atom stereocenters. The quantitative estimate of drug-likeness (QED) is 0.889. The molecule has 1 aromatic rings. The zero-order valence-corrected chi connectivity index (χ0v) is 12.5. The summed E-state index contributed by atoms with van der Waals surface area (Å²) < 4.78 is 5.28. The van der Waals surface area contributed by atoms with E-state index in [1.807, 2.05) is 13.8 Å². The predicted molar refractivity (Wildman–Crippen MR) is 76.9 cm³/mol. The van der Waals surface area contributed by atoms with Crippen molar-refractivity contribution in [1.29, 1.82) is 0 Å². The van der Waals surface area contributed by atoms with Gasteiger partial charge in [-0.2, -0.15) is 0 Å². The van der Waals surface area contributed by atoms with Crippen molar-refractivity contribution in [2.45, 2.75) is 59.0 Å². The molecule has 4 heteroatoms. The average Bonchev–Trinajstić information content (AvgIpc) is 2.76. The van der Waals surface area contributed by atoms with Crippen LogP contribution in [0.1, 0.15) is 49.6 Å². The van der Waals surface area contributed by atoms with Crippen LogP contribution < -0.4 is 5.73 Å². The molecule has 0 bridgehead atoms. The predicted octanol–water partition coefficient (Wildman–Crippen LogP) is 2.63. The summed E-state index contributed by atoms with van der Waals surface area (Å²) in [5.41, 5.74) is 8.24. The van der Waals surface area contributed by atoms with E-state index in [0.29, 0.717) is 12.0 Å². The molecule has 2 atom stereocenters. The molecule has 4 nitrogen and oxygen atoms in total. The summed E-state index contributed by atoms with van der Waals surface area (Å²) in [5, 5.41) is 4.06. The highest BCUT2D eigenvalue weighted by Gasteiger charge is 2.29. The molecule has 0 amide bonds. The topological polar surface area (TPSA) is 55.3 Å². The number of nitrogens with zero attached hydrogens (tertiary/aromatic N) is 2. The van der Waals surface area contributed by atoms with Gasteiger partial charge in [-0.1, -0.05) is 24.9 Å². The third-order valence-corrected chi connectivity index (χ3v) is 4.59. The monoisotopic (exact) mass is 265 g/mol. The molecule has 1 heterocycles. The molecule has 108 valence electrons. The molecule has 19 heavy (non-hydrogen) atoms. The van der Waals surface area contributed by atoms with Crippen LogP contribution in [0.5, 0.6) is 0 Å². The van der Waals surface area contributed by atoms with Crippen LogP contribution in [0.4, 0.5) is 0 Å². The zero-order valence-electron chi connectivity index (χ0n) is 12.5. The van der Waals surface area contributed by atoms with Crippen molar-refractivity contribution < 1.29 is 4.52 Å².